The van der Waals surface area contributed by atoms with Gasteiger partial charge in [0.25, 0.3) is 0 Å². The molecule has 0 amide bonds. The molecule has 1 saturated carbocycles. The average Bonchev–Trinajstić information content (AvgIpc) is 2.23. The van der Waals surface area contributed by atoms with Gasteiger partial charge in [0.05, 0.1) is 0 Å². The predicted molar refractivity (Wildman–Crippen MR) is 51.1 cm³/mol. The molecule has 2 fully saturated rings. The first kappa shape index (κ1) is 8.52. The van der Waals surface area contributed by atoms with Crippen LogP contribution in [0.25, 0.3) is 0 Å². The van der Waals surface area contributed by atoms with Crippen LogP contribution in [0, 0.1) is 11.8 Å². The van der Waals surface area contributed by atoms with Crippen LogP contribution in [-0.2, 0) is 0 Å². The van der Waals surface area contributed by atoms with Crippen LogP contribution in [0.5, 0.6) is 0 Å². The van der Waals surface area contributed by atoms with Gasteiger partial charge >= 0.3 is 0 Å². The van der Waals surface area contributed by atoms with Gasteiger partial charge in [0.15, 0.2) is 0 Å². The fourth-order valence-electron chi connectivity index (χ4n) is 2.73. The summed E-state index contributed by atoms with van der Waals surface area (Å²) in [6.07, 6.45) is 4.09. The summed E-state index contributed by atoms with van der Waals surface area (Å²) < 4.78 is 0. The highest BCUT2D eigenvalue weighted by atomic mass is 15.0. The normalized spacial score (nSPS) is 47.5. The quantitative estimate of drug-likeness (QED) is 0.610. The third-order valence-electron chi connectivity index (χ3n) is 3.74. The lowest BCUT2D eigenvalue weighted by Crippen LogP contribution is -2.48. The molecule has 1 aliphatic heterocycles. The maximum atomic E-state index is 3.64. The Hall–Kier alpha value is -0.0800. The van der Waals surface area contributed by atoms with Crippen molar-refractivity contribution in [2.75, 3.05) is 13.6 Å². The first-order chi connectivity index (χ1) is 5.81. The molecule has 2 N–H and O–H groups in total. The zero-order valence-electron chi connectivity index (χ0n) is 8.14. The van der Waals surface area contributed by atoms with Crippen LogP contribution in [0.1, 0.15) is 26.2 Å². The van der Waals surface area contributed by atoms with Crippen molar-refractivity contribution in [2.45, 2.75) is 38.3 Å². The van der Waals surface area contributed by atoms with Crippen molar-refractivity contribution in [3.8, 4) is 0 Å². The van der Waals surface area contributed by atoms with Crippen molar-refractivity contribution < 1.29 is 0 Å². The minimum Gasteiger partial charge on any atom is -0.317 e. The van der Waals surface area contributed by atoms with Crippen molar-refractivity contribution >= 4 is 0 Å². The highest BCUT2D eigenvalue weighted by molar-refractivity contribution is 4.96. The smallest absolute Gasteiger partial charge is 0.0101 e. The van der Waals surface area contributed by atoms with Crippen molar-refractivity contribution in [1.82, 2.24) is 10.6 Å². The zero-order valence-corrected chi connectivity index (χ0v) is 8.14. The average molecular weight is 168 g/mol. The van der Waals surface area contributed by atoms with Crippen LogP contribution in [0.2, 0.25) is 0 Å². The SMILES string of the molecule is CNC1CCNC2CC(C)[C@H]2C1. The van der Waals surface area contributed by atoms with E-state index in [4.69, 9.17) is 0 Å². The minimum absolute atomic E-state index is 0.759. The van der Waals surface area contributed by atoms with Crippen LogP contribution in [0.3, 0.4) is 0 Å². The molecule has 70 valence electrons. The largest absolute Gasteiger partial charge is 0.317 e. The van der Waals surface area contributed by atoms with Crippen LogP contribution < -0.4 is 10.6 Å². The first-order valence-electron chi connectivity index (χ1n) is 5.22. The topological polar surface area (TPSA) is 24.1 Å². The molecule has 3 unspecified atom stereocenters. The van der Waals surface area contributed by atoms with Crippen molar-refractivity contribution in [3.05, 3.63) is 0 Å². The molecule has 0 aromatic carbocycles. The molecule has 12 heavy (non-hydrogen) atoms. The summed E-state index contributed by atoms with van der Waals surface area (Å²) in [6.45, 7) is 3.60. The standard InChI is InChI=1S/C10H20N2/c1-7-5-10-9(7)6-8(11-2)3-4-12-10/h7-12H,3-6H2,1-2H3/t7?,8?,9-,10?/m1/s1. The molecular weight excluding hydrogens is 148 g/mol. The summed E-state index contributed by atoms with van der Waals surface area (Å²) in [6, 6.07) is 1.61. The van der Waals surface area contributed by atoms with Crippen LogP contribution in [0.4, 0.5) is 0 Å². The Morgan fingerprint density at radius 2 is 2.17 bits per heavy atom. The molecule has 0 aromatic heterocycles. The van der Waals surface area contributed by atoms with E-state index in [2.05, 4.69) is 24.6 Å². The van der Waals surface area contributed by atoms with Crippen molar-refractivity contribution in [1.29, 1.82) is 0 Å². The Kier molecular flexibility index (Phi) is 2.37. The molecule has 0 bridgehead atoms. The summed E-state index contributed by atoms with van der Waals surface area (Å²) in [5, 5.41) is 7.05. The number of nitrogens with one attached hydrogen (secondary N) is 2. The molecule has 0 spiro atoms. The maximum absolute atomic E-state index is 3.64. The number of fused-ring (bicyclic) bond motifs is 1. The van der Waals surface area contributed by atoms with Gasteiger partial charge in [0.1, 0.15) is 0 Å². The van der Waals surface area contributed by atoms with Crippen molar-refractivity contribution in [2.24, 2.45) is 11.8 Å². The Bertz CT molecular complexity index is 158. The fraction of sp³-hybridized carbons (Fsp3) is 1.00. The molecular formula is C10H20N2. The van der Waals surface area contributed by atoms with Gasteiger partial charge in [-0.2, -0.15) is 0 Å². The summed E-state index contributed by atoms with van der Waals surface area (Å²) in [4.78, 5) is 0. The number of rotatable bonds is 1. The van der Waals surface area contributed by atoms with Crippen LogP contribution >= 0.6 is 0 Å². The van der Waals surface area contributed by atoms with E-state index in [-0.39, 0.29) is 0 Å². The lowest BCUT2D eigenvalue weighted by atomic mass is 9.68. The summed E-state index contributed by atoms with van der Waals surface area (Å²) in [7, 11) is 2.09. The molecule has 1 saturated heterocycles. The van der Waals surface area contributed by atoms with E-state index in [9.17, 15) is 0 Å². The predicted octanol–water partition coefficient (Wildman–Crippen LogP) is 0.982. The van der Waals surface area contributed by atoms with E-state index in [1.165, 1.54) is 25.8 Å². The second kappa shape index (κ2) is 3.35. The first-order valence-corrected chi connectivity index (χ1v) is 5.22. The Morgan fingerprint density at radius 3 is 2.83 bits per heavy atom. The van der Waals surface area contributed by atoms with E-state index >= 15 is 0 Å². The zero-order chi connectivity index (χ0) is 8.55. The van der Waals surface area contributed by atoms with E-state index in [1.807, 2.05) is 0 Å². The fourth-order valence-corrected chi connectivity index (χ4v) is 2.73. The molecule has 2 nitrogen and oxygen atoms in total. The third-order valence-corrected chi connectivity index (χ3v) is 3.74. The van der Waals surface area contributed by atoms with Gasteiger partial charge in [-0.15, -0.1) is 0 Å². The number of hydrogen-bond donors (Lipinski definition) is 2. The molecule has 2 heteroatoms. The number of hydrogen-bond acceptors (Lipinski definition) is 2. The molecule has 2 rings (SSSR count). The van der Waals surface area contributed by atoms with Gasteiger partial charge in [-0.1, -0.05) is 6.92 Å². The third kappa shape index (κ3) is 1.38. The van der Waals surface area contributed by atoms with Gasteiger partial charge in [0.2, 0.25) is 0 Å². The second-order valence-electron chi connectivity index (χ2n) is 4.45. The lowest BCUT2D eigenvalue weighted by Gasteiger charge is -2.43. The monoisotopic (exact) mass is 168 g/mol. The van der Waals surface area contributed by atoms with Gasteiger partial charge in [-0.25, -0.2) is 0 Å². The highest BCUT2D eigenvalue weighted by Gasteiger charge is 2.39. The lowest BCUT2D eigenvalue weighted by molar-refractivity contribution is 0.117. The molecule has 1 aliphatic carbocycles. The van der Waals surface area contributed by atoms with E-state index in [1.54, 1.807) is 0 Å². The Labute approximate surface area is 75.1 Å². The molecule has 1 heterocycles. The highest BCUT2D eigenvalue weighted by Crippen LogP contribution is 2.39. The van der Waals surface area contributed by atoms with E-state index in [0.29, 0.717) is 0 Å². The van der Waals surface area contributed by atoms with Gasteiger partial charge in [-0.3, -0.25) is 0 Å². The second-order valence-corrected chi connectivity index (χ2v) is 4.45. The van der Waals surface area contributed by atoms with Gasteiger partial charge in [0, 0.05) is 12.1 Å². The molecule has 2 aliphatic rings. The van der Waals surface area contributed by atoms with Crippen molar-refractivity contribution in [3.63, 3.8) is 0 Å². The molecule has 0 radical (unpaired) electrons. The van der Waals surface area contributed by atoms with Crippen LogP contribution in [0.15, 0.2) is 0 Å². The molecule has 4 atom stereocenters. The van der Waals surface area contributed by atoms with E-state index in [0.717, 1.165) is 23.9 Å². The summed E-state index contributed by atoms with van der Waals surface area (Å²) in [5.74, 6) is 1.90. The summed E-state index contributed by atoms with van der Waals surface area (Å²) >= 11 is 0. The van der Waals surface area contributed by atoms with Crippen LogP contribution in [-0.4, -0.2) is 25.7 Å². The minimum atomic E-state index is 0.759. The maximum Gasteiger partial charge on any atom is 0.0101 e. The Balaban J connectivity index is 1.94. The Morgan fingerprint density at radius 1 is 1.33 bits per heavy atom. The van der Waals surface area contributed by atoms with E-state index < -0.39 is 0 Å². The summed E-state index contributed by atoms with van der Waals surface area (Å²) in [5.41, 5.74) is 0. The van der Waals surface area contributed by atoms with Gasteiger partial charge in [-0.05, 0) is 44.7 Å². The molecule has 0 aromatic rings. The van der Waals surface area contributed by atoms with Gasteiger partial charge < -0.3 is 10.6 Å².